The molecule has 4 nitrogen and oxygen atoms in total. The molecule has 1 aliphatic heterocycles. The molecule has 100 valence electrons. The number of anilines is 1. The SMILES string of the molecule is CC(CC(=O)Nc1cc(Br)cs1)N1CCNCC1. The van der Waals surface area contributed by atoms with Gasteiger partial charge in [0, 0.05) is 48.5 Å². The Bertz CT molecular complexity index is 404. The van der Waals surface area contributed by atoms with Crippen LogP contribution in [0.25, 0.3) is 0 Å². The first-order chi connectivity index (χ1) is 8.65. The van der Waals surface area contributed by atoms with Crippen molar-refractivity contribution in [2.24, 2.45) is 0 Å². The van der Waals surface area contributed by atoms with Gasteiger partial charge in [0.1, 0.15) is 0 Å². The number of hydrogen-bond donors (Lipinski definition) is 2. The molecule has 1 unspecified atom stereocenters. The summed E-state index contributed by atoms with van der Waals surface area (Å²) in [5.41, 5.74) is 0. The lowest BCUT2D eigenvalue weighted by Gasteiger charge is -2.32. The van der Waals surface area contributed by atoms with Crippen LogP contribution >= 0.6 is 27.3 Å². The fourth-order valence-electron chi connectivity index (χ4n) is 2.09. The molecule has 0 saturated carbocycles. The molecule has 0 spiro atoms. The third-order valence-electron chi connectivity index (χ3n) is 3.09. The highest BCUT2D eigenvalue weighted by Crippen LogP contribution is 2.24. The van der Waals surface area contributed by atoms with Crippen LogP contribution < -0.4 is 10.6 Å². The van der Waals surface area contributed by atoms with Crippen LogP contribution in [0.2, 0.25) is 0 Å². The molecule has 1 amide bonds. The number of halogens is 1. The van der Waals surface area contributed by atoms with Crippen molar-refractivity contribution >= 4 is 38.2 Å². The summed E-state index contributed by atoms with van der Waals surface area (Å²) in [6.07, 6.45) is 0.551. The van der Waals surface area contributed by atoms with Crippen LogP contribution in [0.15, 0.2) is 15.9 Å². The van der Waals surface area contributed by atoms with E-state index in [1.54, 1.807) is 0 Å². The molecule has 1 aromatic heterocycles. The van der Waals surface area contributed by atoms with Crippen molar-refractivity contribution in [2.45, 2.75) is 19.4 Å². The number of nitrogens with one attached hydrogen (secondary N) is 2. The number of carbonyl (C=O) groups is 1. The smallest absolute Gasteiger partial charge is 0.226 e. The summed E-state index contributed by atoms with van der Waals surface area (Å²) in [5, 5.41) is 9.13. The maximum absolute atomic E-state index is 11.9. The predicted molar refractivity (Wildman–Crippen MR) is 79.2 cm³/mol. The maximum Gasteiger partial charge on any atom is 0.226 e. The first kappa shape index (κ1) is 14.0. The second kappa shape index (κ2) is 6.65. The minimum absolute atomic E-state index is 0.0929. The quantitative estimate of drug-likeness (QED) is 0.888. The van der Waals surface area contributed by atoms with Crippen molar-refractivity contribution in [2.75, 3.05) is 31.5 Å². The van der Waals surface area contributed by atoms with E-state index in [1.165, 1.54) is 11.3 Å². The van der Waals surface area contributed by atoms with Crippen LogP contribution in [-0.4, -0.2) is 43.0 Å². The monoisotopic (exact) mass is 331 g/mol. The Morgan fingerprint density at radius 2 is 2.33 bits per heavy atom. The zero-order valence-electron chi connectivity index (χ0n) is 10.4. The van der Waals surface area contributed by atoms with Gasteiger partial charge in [-0.2, -0.15) is 0 Å². The minimum Gasteiger partial charge on any atom is -0.318 e. The summed E-state index contributed by atoms with van der Waals surface area (Å²) >= 11 is 4.92. The molecule has 1 aromatic rings. The lowest BCUT2D eigenvalue weighted by Crippen LogP contribution is -2.48. The molecule has 18 heavy (non-hydrogen) atoms. The van der Waals surface area contributed by atoms with Crippen LogP contribution in [0.1, 0.15) is 13.3 Å². The molecule has 6 heteroatoms. The molecule has 1 atom stereocenters. The summed E-state index contributed by atoms with van der Waals surface area (Å²) in [5.74, 6) is 0.0929. The van der Waals surface area contributed by atoms with E-state index in [9.17, 15) is 4.79 Å². The van der Waals surface area contributed by atoms with Crippen molar-refractivity contribution < 1.29 is 4.79 Å². The lowest BCUT2D eigenvalue weighted by atomic mass is 10.1. The van der Waals surface area contributed by atoms with E-state index in [1.807, 2.05) is 11.4 Å². The molecule has 2 N–H and O–H groups in total. The highest BCUT2D eigenvalue weighted by atomic mass is 79.9. The summed E-state index contributed by atoms with van der Waals surface area (Å²) in [6, 6.07) is 2.23. The molecular weight excluding hydrogens is 314 g/mol. The Morgan fingerprint density at radius 1 is 1.61 bits per heavy atom. The Kier molecular flexibility index (Phi) is 5.17. The number of nitrogens with zero attached hydrogens (tertiary/aromatic N) is 1. The van der Waals surface area contributed by atoms with Gasteiger partial charge in [-0.3, -0.25) is 9.69 Å². The number of carbonyl (C=O) groups excluding carboxylic acids is 1. The molecular formula is C12H18BrN3OS. The fourth-order valence-corrected chi connectivity index (χ4v) is 3.42. The first-order valence-corrected chi connectivity index (χ1v) is 7.81. The summed E-state index contributed by atoms with van der Waals surface area (Å²) in [4.78, 5) is 14.3. The molecule has 2 rings (SSSR count). The zero-order chi connectivity index (χ0) is 13.0. The fraction of sp³-hybridized carbons (Fsp3) is 0.583. The standard InChI is InChI=1S/C12H18BrN3OS/c1-9(16-4-2-14-3-5-16)6-11(17)15-12-7-10(13)8-18-12/h7-9,14H,2-6H2,1H3,(H,15,17). The van der Waals surface area contributed by atoms with Gasteiger partial charge in [0.25, 0.3) is 0 Å². The van der Waals surface area contributed by atoms with Crippen LogP contribution in [0.4, 0.5) is 5.00 Å². The van der Waals surface area contributed by atoms with Gasteiger partial charge in [-0.25, -0.2) is 0 Å². The van der Waals surface area contributed by atoms with Crippen LogP contribution in [0.3, 0.4) is 0 Å². The van der Waals surface area contributed by atoms with E-state index in [4.69, 9.17) is 0 Å². The Hall–Kier alpha value is -0.430. The molecule has 1 fully saturated rings. The van der Waals surface area contributed by atoms with E-state index < -0.39 is 0 Å². The summed E-state index contributed by atoms with van der Waals surface area (Å²) in [7, 11) is 0. The molecule has 0 aliphatic carbocycles. The third-order valence-corrected chi connectivity index (χ3v) is 4.69. The van der Waals surface area contributed by atoms with Gasteiger partial charge in [-0.1, -0.05) is 0 Å². The Labute approximate surface area is 120 Å². The van der Waals surface area contributed by atoms with Crippen LogP contribution in [-0.2, 0) is 4.79 Å². The summed E-state index contributed by atoms with van der Waals surface area (Å²) < 4.78 is 1.01. The average molecular weight is 332 g/mol. The predicted octanol–water partition coefficient (Wildman–Crippen LogP) is 2.13. The van der Waals surface area contributed by atoms with Crippen LogP contribution in [0.5, 0.6) is 0 Å². The number of piperazine rings is 1. The van der Waals surface area contributed by atoms with Gasteiger partial charge in [0.15, 0.2) is 0 Å². The molecule has 0 bridgehead atoms. The van der Waals surface area contributed by atoms with E-state index >= 15 is 0 Å². The first-order valence-electron chi connectivity index (χ1n) is 6.14. The lowest BCUT2D eigenvalue weighted by molar-refractivity contribution is -0.117. The van der Waals surface area contributed by atoms with E-state index in [0.717, 1.165) is 35.7 Å². The summed E-state index contributed by atoms with van der Waals surface area (Å²) in [6.45, 7) is 6.21. The largest absolute Gasteiger partial charge is 0.318 e. The van der Waals surface area contributed by atoms with Gasteiger partial charge in [0.05, 0.1) is 5.00 Å². The van der Waals surface area contributed by atoms with Gasteiger partial charge in [-0.15, -0.1) is 11.3 Å². The van der Waals surface area contributed by atoms with Gasteiger partial charge < -0.3 is 10.6 Å². The van der Waals surface area contributed by atoms with Crippen molar-refractivity contribution in [3.05, 3.63) is 15.9 Å². The highest BCUT2D eigenvalue weighted by Gasteiger charge is 2.19. The van der Waals surface area contributed by atoms with Crippen molar-refractivity contribution in [3.8, 4) is 0 Å². The second-order valence-electron chi connectivity index (χ2n) is 4.52. The molecule has 1 aliphatic rings. The Balaban J connectivity index is 1.79. The van der Waals surface area contributed by atoms with Crippen molar-refractivity contribution in [1.29, 1.82) is 0 Å². The molecule has 2 heterocycles. The van der Waals surface area contributed by atoms with E-state index in [2.05, 4.69) is 38.4 Å². The third kappa shape index (κ3) is 4.05. The van der Waals surface area contributed by atoms with E-state index in [0.29, 0.717) is 12.5 Å². The number of thiophene rings is 1. The second-order valence-corrected chi connectivity index (χ2v) is 6.34. The van der Waals surface area contributed by atoms with Crippen molar-refractivity contribution in [3.63, 3.8) is 0 Å². The normalized spacial score (nSPS) is 18.6. The van der Waals surface area contributed by atoms with Crippen LogP contribution in [0, 0.1) is 0 Å². The highest BCUT2D eigenvalue weighted by molar-refractivity contribution is 9.10. The van der Waals surface area contributed by atoms with E-state index in [-0.39, 0.29) is 5.91 Å². The van der Waals surface area contributed by atoms with Gasteiger partial charge >= 0.3 is 0 Å². The minimum atomic E-state index is 0.0929. The van der Waals surface area contributed by atoms with Gasteiger partial charge in [0.2, 0.25) is 5.91 Å². The topological polar surface area (TPSA) is 44.4 Å². The van der Waals surface area contributed by atoms with Crippen molar-refractivity contribution in [1.82, 2.24) is 10.2 Å². The molecule has 1 saturated heterocycles. The number of rotatable bonds is 4. The number of hydrogen-bond acceptors (Lipinski definition) is 4. The molecule has 0 aromatic carbocycles. The zero-order valence-corrected chi connectivity index (χ0v) is 12.8. The average Bonchev–Trinajstić information content (AvgIpc) is 2.75. The maximum atomic E-state index is 11.9. The Morgan fingerprint density at radius 3 is 2.94 bits per heavy atom. The van der Waals surface area contributed by atoms with Gasteiger partial charge in [-0.05, 0) is 28.9 Å². The number of amides is 1. The molecule has 0 radical (unpaired) electrons.